The second-order valence-electron chi connectivity index (χ2n) is 4.22. The Balaban J connectivity index is 2.00. The van der Waals surface area contributed by atoms with E-state index < -0.39 is 0 Å². The van der Waals surface area contributed by atoms with Crippen molar-refractivity contribution in [1.82, 2.24) is 4.90 Å². The average Bonchev–Trinajstić information content (AvgIpc) is 2.24. The molecule has 0 aliphatic carbocycles. The number of benzene rings is 1. The van der Waals surface area contributed by atoms with Gasteiger partial charge in [0.1, 0.15) is 5.82 Å². The van der Waals surface area contributed by atoms with Crippen LogP contribution in [0.2, 0.25) is 5.02 Å². The molecular weight excluding hydrogens is 292 g/mol. The van der Waals surface area contributed by atoms with Crippen LogP contribution in [0.25, 0.3) is 0 Å². The molecular formula is C12H14BrClFN. The summed E-state index contributed by atoms with van der Waals surface area (Å²) in [6.07, 6.45) is 2.45. The zero-order valence-corrected chi connectivity index (χ0v) is 11.3. The first-order valence-electron chi connectivity index (χ1n) is 5.45. The number of nitrogens with zero attached hydrogens (tertiary/aromatic N) is 1. The maximum atomic E-state index is 13.0. The third-order valence-corrected chi connectivity index (χ3v) is 3.88. The van der Waals surface area contributed by atoms with Crippen molar-refractivity contribution >= 4 is 27.5 Å². The Hall–Kier alpha value is -0.120. The van der Waals surface area contributed by atoms with Crippen LogP contribution in [0.4, 0.5) is 4.39 Å². The quantitative estimate of drug-likeness (QED) is 0.751. The highest BCUT2D eigenvalue weighted by Crippen LogP contribution is 2.21. The Morgan fingerprint density at radius 2 is 2.31 bits per heavy atom. The first-order valence-corrected chi connectivity index (χ1v) is 6.75. The van der Waals surface area contributed by atoms with Crippen LogP contribution >= 0.6 is 27.5 Å². The van der Waals surface area contributed by atoms with Gasteiger partial charge in [-0.25, -0.2) is 4.39 Å². The smallest absolute Gasteiger partial charge is 0.141 e. The predicted octanol–water partition coefficient (Wildman–Crippen LogP) is 3.84. The van der Waals surface area contributed by atoms with Crippen molar-refractivity contribution in [2.45, 2.75) is 24.2 Å². The van der Waals surface area contributed by atoms with E-state index in [1.54, 1.807) is 12.1 Å². The molecule has 0 aromatic heterocycles. The summed E-state index contributed by atoms with van der Waals surface area (Å²) in [5, 5.41) is 0.213. The van der Waals surface area contributed by atoms with Gasteiger partial charge in [-0.05, 0) is 37.1 Å². The van der Waals surface area contributed by atoms with Gasteiger partial charge in [-0.3, -0.25) is 4.90 Å². The van der Waals surface area contributed by atoms with Crippen LogP contribution in [-0.4, -0.2) is 22.8 Å². The van der Waals surface area contributed by atoms with E-state index >= 15 is 0 Å². The van der Waals surface area contributed by atoms with Crippen LogP contribution in [0.5, 0.6) is 0 Å². The van der Waals surface area contributed by atoms with Gasteiger partial charge in [0.2, 0.25) is 0 Å². The van der Waals surface area contributed by atoms with E-state index in [1.165, 1.54) is 18.9 Å². The van der Waals surface area contributed by atoms with E-state index in [4.69, 9.17) is 11.6 Å². The Morgan fingerprint density at radius 1 is 1.50 bits per heavy atom. The molecule has 1 saturated heterocycles. The predicted molar refractivity (Wildman–Crippen MR) is 68.6 cm³/mol. The fraction of sp³-hybridized carbons (Fsp3) is 0.500. The van der Waals surface area contributed by atoms with Gasteiger partial charge in [0.25, 0.3) is 0 Å². The number of hydrogen-bond donors (Lipinski definition) is 0. The topological polar surface area (TPSA) is 3.24 Å². The molecule has 2 rings (SSSR count). The lowest BCUT2D eigenvalue weighted by atomic mass is 10.1. The third-order valence-electron chi connectivity index (χ3n) is 2.84. The number of likely N-dealkylation sites (tertiary alicyclic amines) is 1. The molecule has 1 aliphatic heterocycles. The van der Waals surface area contributed by atoms with Gasteiger partial charge in [-0.1, -0.05) is 33.6 Å². The van der Waals surface area contributed by atoms with Crippen LogP contribution in [0.1, 0.15) is 18.4 Å². The molecule has 88 valence electrons. The molecule has 0 saturated carbocycles. The number of halogens is 3. The molecule has 0 amide bonds. The Morgan fingerprint density at radius 3 is 3.00 bits per heavy atom. The number of alkyl halides is 1. The summed E-state index contributed by atoms with van der Waals surface area (Å²) >= 11 is 9.40. The average molecular weight is 307 g/mol. The highest BCUT2D eigenvalue weighted by molar-refractivity contribution is 9.09. The molecule has 1 unspecified atom stereocenters. The molecule has 4 heteroatoms. The molecule has 0 N–H and O–H groups in total. The van der Waals surface area contributed by atoms with Gasteiger partial charge in [0.05, 0.1) is 5.02 Å². The number of hydrogen-bond acceptors (Lipinski definition) is 1. The molecule has 1 atom stereocenters. The van der Waals surface area contributed by atoms with Crippen LogP contribution in [0, 0.1) is 5.82 Å². The molecule has 0 radical (unpaired) electrons. The van der Waals surface area contributed by atoms with Crippen molar-refractivity contribution in [2.75, 3.05) is 13.1 Å². The third kappa shape index (κ3) is 3.19. The van der Waals surface area contributed by atoms with E-state index in [0.29, 0.717) is 4.83 Å². The lowest BCUT2D eigenvalue weighted by Gasteiger charge is -2.29. The Labute approximate surface area is 109 Å². The summed E-state index contributed by atoms with van der Waals surface area (Å²) in [6, 6.07) is 4.96. The maximum absolute atomic E-state index is 13.0. The number of piperidine rings is 1. The second-order valence-corrected chi connectivity index (χ2v) is 5.93. The second kappa shape index (κ2) is 5.48. The lowest BCUT2D eigenvalue weighted by molar-refractivity contribution is 0.228. The zero-order chi connectivity index (χ0) is 11.5. The summed E-state index contributed by atoms with van der Waals surface area (Å²) in [6.45, 7) is 3.01. The minimum absolute atomic E-state index is 0.213. The van der Waals surface area contributed by atoms with Gasteiger partial charge in [0, 0.05) is 17.9 Å². The molecule has 1 aliphatic rings. The molecule has 1 aromatic carbocycles. The van der Waals surface area contributed by atoms with E-state index in [0.717, 1.165) is 25.2 Å². The minimum atomic E-state index is -0.345. The maximum Gasteiger partial charge on any atom is 0.141 e. The van der Waals surface area contributed by atoms with E-state index in [9.17, 15) is 4.39 Å². The van der Waals surface area contributed by atoms with Crippen LogP contribution < -0.4 is 0 Å². The molecule has 0 bridgehead atoms. The summed E-state index contributed by atoms with van der Waals surface area (Å²) in [7, 11) is 0. The SMILES string of the molecule is Fc1ccc(CN2CCCC(Br)C2)cc1Cl. The fourth-order valence-electron chi connectivity index (χ4n) is 2.04. The largest absolute Gasteiger partial charge is 0.298 e. The first kappa shape index (κ1) is 12.3. The highest BCUT2D eigenvalue weighted by atomic mass is 79.9. The van der Waals surface area contributed by atoms with Gasteiger partial charge in [-0.2, -0.15) is 0 Å². The van der Waals surface area contributed by atoms with E-state index in [2.05, 4.69) is 20.8 Å². The van der Waals surface area contributed by atoms with Crippen LogP contribution in [0.15, 0.2) is 18.2 Å². The standard InChI is InChI=1S/C12H14BrClFN/c13-10-2-1-5-16(8-10)7-9-3-4-12(15)11(14)6-9/h3-4,6,10H,1-2,5,7-8H2. The monoisotopic (exact) mass is 305 g/mol. The van der Waals surface area contributed by atoms with Crippen LogP contribution in [-0.2, 0) is 6.54 Å². The minimum Gasteiger partial charge on any atom is -0.298 e. The molecule has 1 heterocycles. The van der Waals surface area contributed by atoms with Crippen molar-refractivity contribution < 1.29 is 4.39 Å². The van der Waals surface area contributed by atoms with Gasteiger partial charge >= 0.3 is 0 Å². The first-order chi connectivity index (χ1) is 7.65. The summed E-state index contributed by atoms with van der Waals surface area (Å²) in [4.78, 5) is 2.95. The van der Waals surface area contributed by atoms with Gasteiger partial charge < -0.3 is 0 Å². The highest BCUT2D eigenvalue weighted by Gasteiger charge is 2.17. The van der Waals surface area contributed by atoms with Crippen LogP contribution in [0.3, 0.4) is 0 Å². The summed E-state index contributed by atoms with van der Waals surface area (Å²) in [5.41, 5.74) is 1.08. The van der Waals surface area contributed by atoms with Crippen molar-refractivity contribution in [1.29, 1.82) is 0 Å². The zero-order valence-electron chi connectivity index (χ0n) is 8.93. The van der Waals surface area contributed by atoms with Gasteiger partial charge in [0.15, 0.2) is 0 Å². The number of rotatable bonds is 2. The summed E-state index contributed by atoms with van der Waals surface area (Å²) in [5.74, 6) is -0.345. The lowest BCUT2D eigenvalue weighted by Crippen LogP contribution is -2.35. The fourth-order valence-corrected chi connectivity index (χ4v) is 2.98. The Kier molecular flexibility index (Phi) is 4.22. The van der Waals surface area contributed by atoms with Crippen molar-refractivity contribution in [3.8, 4) is 0 Å². The molecule has 1 fully saturated rings. The van der Waals surface area contributed by atoms with E-state index in [-0.39, 0.29) is 10.8 Å². The van der Waals surface area contributed by atoms with Crippen molar-refractivity contribution in [3.63, 3.8) is 0 Å². The molecule has 1 aromatic rings. The summed E-state index contributed by atoms with van der Waals surface area (Å²) < 4.78 is 13.0. The van der Waals surface area contributed by atoms with E-state index in [1.807, 2.05) is 0 Å². The molecule has 1 nitrogen and oxygen atoms in total. The normalized spacial score (nSPS) is 22.3. The molecule has 16 heavy (non-hydrogen) atoms. The van der Waals surface area contributed by atoms with Crippen molar-refractivity contribution in [2.24, 2.45) is 0 Å². The van der Waals surface area contributed by atoms with Crippen molar-refractivity contribution in [3.05, 3.63) is 34.6 Å². The van der Waals surface area contributed by atoms with Gasteiger partial charge in [-0.15, -0.1) is 0 Å². The molecule has 0 spiro atoms. The Bertz CT molecular complexity index is 372.